The van der Waals surface area contributed by atoms with Gasteiger partial charge in [0.1, 0.15) is 11.5 Å². The van der Waals surface area contributed by atoms with E-state index in [-0.39, 0.29) is 11.6 Å². The van der Waals surface area contributed by atoms with Crippen LogP contribution < -0.4 is 9.47 Å². The molecule has 2 aromatic rings. The van der Waals surface area contributed by atoms with Gasteiger partial charge in [-0.3, -0.25) is 0 Å². The largest absolute Gasteiger partial charge is 0.497 e. The van der Waals surface area contributed by atoms with Crippen molar-refractivity contribution in [2.45, 2.75) is 0 Å². The minimum atomic E-state index is -0.475. The van der Waals surface area contributed by atoms with Crippen molar-refractivity contribution in [3.63, 3.8) is 0 Å². The summed E-state index contributed by atoms with van der Waals surface area (Å²) in [5, 5.41) is 0. The molecule has 1 heterocycles. The summed E-state index contributed by atoms with van der Waals surface area (Å²) >= 11 is 0. The zero-order valence-electron chi connectivity index (χ0n) is 13.9. The molecule has 0 unspecified atom stereocenters. The van der Waals surface area contributed by atoms with Gasteiger partial charge in [-0.1, -0.05) is 24.3 Å². The van der Waals surface area contributed by atoms with Gasteiger partial charge in [0, 0.05) is 6.08 Å². The lowest BCUT2D eigenvalue weighted by Gasteiger charge is -2.00. The summed E-state index contributed by atoms with van der Waals surface area (Å²) < 4.78 is 15.5. The maximum atomic E-state index is 12.0. The summed E-state index contributed by atoms with van der Waals surface area (Å²) in [5.41, 5.74) is 2.02. The molecule has 0 aromatic heterocycles. The Hall–Kier alpha value is -3.34. The molecule has 2 aromatic carbocycles. The first-order valence-electron chi connectivity index (χ1n) is 7.67. The Bertz CT molecular complexity index is 864. The van der Waals surface area contributed by atoms with Gasteiger partial charge >= 0.3 is 5.97 Å². The minimum absolute atomic E-state index is 0.252. The van der Waals surface area contributed by atoms with Gasteiger partial charge < -0.3 is 14.2 Å². The maximum Gasteiger partial charge on any atom is 0.363 e. The highest BCUT2D eigenvalue weighted by atomic mass is 16.6. The Morgan fingerprint density at radius 1 is 0.920 bits per heavy atom. The second-order valence-electron chi connectivity index (χ2n) is 5.25. The first-order valence-corrected chi connectivity index (χ1v) is 7.67. The van der Waals surface area contributed by atoms with Crippen LogP contribution in [0.4, 0.5) is 0 Å². The Morgan fingerprint density at radius 2 is 1.68 bits per heavy atom. The molecule has 1 aliphatic heterocycles. The molecule has 0 N–H and O–H groups in total. The molecule has 5 heteroatoms. The number of esters is 1. The number of hydrogen-bond donors (Lipinski definition) is 0. The second kappa shape index (κ2) is 7.49. The summed E-state index contributed by atoms with van der Waals surface area (Å²) in [5.74, 6) is 1.28. The number of carbonyl (C=O) groups excluding carboxylic acids is 1. The molecule has 0 radical (unpaired) electrons. The highest BCUT2D eigenvalue weighted by Gasteiger charge is 2.21. The second-order valence-corrected chi connectivity index (χ2v) is 5.25. The van der Waals surface area contributed by atoms with E-state index in [0.29, 0.717) is 5.75 Å². The van der Waals surface area contributed by atoms with Crippen LogP contribution in [0.5, 0.6) is 11.5 Å². The maximum absolute atomic E-state index is 12.0. The zero-order chi connectivity index (χ0) is 17.6. The summed E-state index contributed by atoms with van der Waals surface area (Å²) in [6, 6.07) is 14.9. The Kier molecular flexibility index (Phi) is 4.95. The van der Waals surface area contributed by atoms with Crippen LogP contribution in [0.15, 0.2) is 65.3 Å². The molecule has 3 rings (SSSR count). The topological polar surface area (TPSA) is 57.1 Å². The molecular weight excluding hydrogens is 318 g/mol. The van der Waals surface area contributed by atoms with E-state index < -0.39 is 5.97 Å². The highest BCUT2D eigenvalue weighted by molar-refractivity contribution is 6.11. The lowest BCUT2D eigenvalue weighted by Crippen LogP contribution is -2.01. The van der Waals surface area contributed by atoms with Gasteiger partial charge in [-0.15, -0.1) is 0 Å². The Morgan fingerprint density at radius 3 is 2.40 bits per heavy atom. The molecule has 0 atom stereocenters. The molecule has 0 fully saturated rings. The van der Waals surface area contributed by atoms with E-state index in [4.69, 9.17) is 14.2 Å². The molecule has 0 bridgehead atoms. The smallest absolute Gasteiger partial charge is 0.363 e. The number of rotatable bonds is 5. The average molecular weight is 335 g/mol. The number of carbonyl (C=O) groups is 1. The number of nitrogens with zero attached hydrogens (tertiary/aromatic N) is 1. The van der Waals surface area contributed by atoms with Crippen molar-refractivity contribution in [3.05, 3.63) is 71.4 Å². The molecule has 126 valence electrons. The van der Waals surface area contributed by atoms with Crippen molar-refractivity contribution in [3.8, 4) is 11.5 Å². The summed E-state index contributed by atoms with van der Waals surface area (Å²) in [6.07, 6.45) is 5.14. The molecule has 1 aliphatic rings. The quantitative estimate of drug-likeness (QED) is 0.617. The number of hydrogen-bond acceptors (Lipinski definition) is 5. The monoisotopic (exact) mass is 335 g/mol. The number of methoxy groups -OCH3 is 2. The number of ether oxygens (including phenoxy) is 3. The fourth-order valence-corrected chi connectivity index (χ4v) is 2.27. The molecule has 0 spiro atoms. The van der Waals surface area contributed by atoms with Gasteiger partial charge in [0.2, 0.25) is 5.90 Å². The minimum Gasteiger partial charge on any atom is -0.497 e. The van der Waals surface area contributed by atoms with Gasteiger partial charge in [-0.2, -0.15) is 0 Å². The van der Waals surface area contributed by atoms with Crippen LogP contribution in [-0.2, 0) is 9.53 Å². The van der Waals surface area contributed by atoms with E-state index in [9.17, 15) is 4.79 Å². The molecule has 0 saturated carbocycles. The van der Waals surface area contributed by atoms with Crippen molar-refractivity contribution < 1.29 is 19.0 Å². The molecule has 0 saturated heterocycles. The van der Waals surface area contributed by atoms with Crippen LogP contribution >= 0.6 is 0 Å². The Balaban J connectivity index is 1.77. The Labute approximate surface area is 145 Å². The van der Waals surface area contributed by atoms with Crippen molar-refractivity contribution in [2.75, 3.05) is 14.2 Å². The SMILES string of the molecule is COc1ccc(/C=C/C2=NC(=C\c3cccc(OC)c3)/C(=O)O2)cc1. The van der Waals surface area contributed by atoms with Gasteiger partial charge in [-0.25, -0.2) is 9.79 Å². The molecule has 0 amide bonds. The molecule has 0 aliphatic carbocycles. The zero-order valence-corrected chi connectivity index (χ0v) is 13.9. The van der Waals surface area contributed by atoms with Gasteiger partial charge in [0.05, 0.1) is 14.2 Å². The number of cyclic esters (lactones) is 1. The fraction of sp³-hybridized carbons (Fsp3) is 0.100. The van der Waals surface area contributed by atoms with Crippen LogP contribution in [0.2, 0.25) is 0 Å². The van der Waals surface area contributed by atoms with Crippen molar-refractivity contribution in [1.29, 1.82) is 0 Å². The van der Waals surface area contributed by atoms with Crippen molar-refractivity contribution >= 4 is 24.0 Å². The standard InChI is InChI=1S/C20H17NO4/c1-23-16-9-6-14(7-10-16)8-11-19-21-18(20(22)25-19)13-15-4-3-5-17(12-15)24-2/h3-13H,1-2H3/b11-8+,18-13-. The van der Waals surface area contributed by atoms with Crippen LogP contribution in [0.25, 0.3) is 12.2 Å². The lowest BCUT2D eigenvalue weighted by molar-refractivity contribution is -0.129. The van der Waals surface area contributed by atoms with E-state index in [0.717, 1.165) is 16.9 Å². The first-order chi connectivity index (χ1) is 12.2. The normalized spacial score (nSPS) is 15.4. The van der Waals surface area contributed by atoms with Crippen molar-refractivity contribution in [1.82, 2.24) is 0 Å². The number of benzene rings is 2. The van der Waals surface area contributed by atoms with Gasteiger partial charge in [0.15, 0.2) is 5.70 Å². The summed E-state index contributed by atoms with van der Waals surface area (Å²) in [6.45, 7) is 0. The fourth-order valence-electron chi connectivity index (χ4n) is 2.27. The van der Waals surface area contributed by atoms with Gasteiger partial charge in [0.25, 0.3) is 0 Å². The molecular formula is C20H17NO4. The van der Waals surface area contributed by atoms with E-state index in [1.165, 1.54) is 0 Å². The van der Waals surface area contributed by atoms with E-state index >= 15 is 0 Å². The first kappa shape index (κ1) is 16.5. The third-order valence-corrected chi connectivity index (χ3v) is 3.57. The highest BCUT2D eigenvalue weighted by Crippen LogP contribution is 2.20. The lowest BCUT2D eigenvalue weighted by atomic mass is 10.2. The predicted octanol–water partition coefficient (Wildman–Crippen LogP) is 3.71. The average Bonchev–Trinajstić information content (AvgIpc) is 3.00. The summed E-state index contributed by atoms with van der Waals surface area (Å²) in [7, 11) is 3.21. The predicted molar refractivity (Wildman–Crippen MR) is 96.5 cm³/mol. The third kappa shape index (κ3) is 4.14. The van der Waals surface area contributed by atoms with E-state index in [1.54, 1.807) is 26.4 Å². The van der Waals surface area contributed by atoms with Crippen LogP contribution in [0.1, 0.15) is 11.1 Å². The third-order valence-electron chi connectivity index (χ3n) is 3.57. The van der Waals surface area contributed by atoms with Crippen molar-refractivity contribution in [2.24, 2.45) is 4.99 Å². The van der Waals surface area contributed by atoms with Crippen LogP contribution in [-0.4, -0.2) is 26.1 Å². The van der Waals surface area contributed by atoms with Crippen LogP contribution in [0, 0.1) is 0 Å². The van der Waals surface area contributed by atoms with Crippen LogP contribution in [0.3, 0.4) is 0 Å². The number of aliphatic imine (C=N–C) groups is 1. The van der Waals surface area contributed by atoms with E-state index in [2.05, 4.69) is 4.99 Å². The molecule has 5 nitrogen and oxygen atoms in total. The van der Waals surface area contributed by atoms with Gasteiger partial charge in [-0.05, 0) is 47.5 Å². The van der Waals surface area contributed by atoms with E-state index in [1.807, 2.05) is 54.6 Å². The summed E-state index contributed by atoms with van der Waals surface area (Å²) in [4.78, 5) is 16.2. The molecule has 25 heavy (non-hydrogen) atoms.